The van der Waals surface area contributed by atoms with E-state index >= 15 is 0 Å². The van der Waals surface area contributed by atoms with E-state index in [1.165, 1.54) is 22.8 Å². The predicted octanol–water partition coefficient (Wildman–Crippen LogP) is 3.28. The maximum atomic E-state index is 13.4. The molecule has 2 aliphatic heterocycles. The van der Waals surface area contributed by atoms with E-state index in [4.69, 9.17) is 9.47 Å². The molecular weight excluding hydrogens is 436 g/mol. The number of esters is 1. The molecule has 3 heterocycles. The van der Waals surface area contributed by atoms with Gasteiger partial charge in [0.15, 0.2) is 0 Å². The third-order valence-corrected chi connectivity index (χ3v) is 9.56. The Labute approximate surface area is 187 Å². The molecule has 7 nitrogen and oxygen atoms in total. The van der Waals surface area contributed by atoms with Crippen LogP contribution >= 0.6 is 11.3 Å². The molecule has 1 aromatic heterocycles. The molecule has 0 amide bonds. The summed E-state index contributed by atoms with van der Waals surface area (Å²) >= 11 is 1.23. The van der Waals surface area contributed by atoms with Gasteiger partial charge in [0.25, 0.3) is 10.0 Å². The lowest BCUT2D eigenvalue weighted by atomic mass is 10.0. The van der Waals surface area contributed by atoms with E-state index in [9.17, 15) is 13.2 Å². The maximum Gasteiger partial charge on any atom is 0.340 e. The third kappa shape index (κ3) is 4.50. The summed E-state index contributed by atoms with van der Waals surface area (Å²) in [5.41, 5.74) is 2.24. The first-order valence-electron chi connectivity index (χ1n) is 10.5. The van der Waals surface area contributed by atoms with Crippen LogP contribution in [0.1, 0.15) is 45.6 Å². The van der Waals surface area contributed by atoms with Crippen molar-refractivity contribution in [1.82, 2.24) is 9.21 Å². The lowest BCUT2D eigenvalue weighted by Gasteiger charge is -2.27. The van der Waals surface area contributed by atoms with Crippen LogP contribution < -0.4 is 4.74 Å². The van der Waals surface area contributed by atoms with Crippen LogP contribution in [0.2, 0.25) is 0 Å². The van der Waals surface area contributed by atoms with E-state index < -0.39 is 16.0 Å². The van der Waals surface area contributed by atoms with Crippen LogP contribution in [0, 0.1) is 0 Å². The highest BCUT2D eigenvalue weighted by Crippen LogP contribution is 2.39. The Balaban J connectivity index is 1.62. The molecular formula is C22H28N2O5S2. The van der Waals surface area contributed by atoms with Gasteiger partial charge in [0.05, 0.1) is 19.8 Å². The van der Waals surface area contributed by atoms with Gasteiger partial charge in [-0.1, -0.05) is 18.6 Å². The summed E-state index contributed by atoms with van der Waals surface area (Å²) in [6.45, 7) is 3.14. The van der Waals surface area contributed by atoms with Crippen LogP contribution in [0.3, 0.4) is 0 Å². The fourth-order valence-corrected chi connectivity index (χ4v) is 7.85. The molecule has 1 saturated heterocycles. The van der Waals surface area contributed by atoms with Crippen molar-refractivity contribution in [2.45, 2.75) is 43.0 Å². The number of hydrogen-bond donors (Lipinski definition) is 0. The zero-order chi connectivity index (χ0) is 22.0. The van der Waals surface area contributed by atoms with Crippen molar-refractivity contribution in [2.24, 2.45) is 0 Å². The maximum absolute atomic E-state index is 13.4. The lowest BCUT2D eigenvalue weighted by molar-refractivity contribution is 0.0595. The van der Waals surface area contributed by atoms with Gasteiger partial charge in [-0.3, -0.25) is 4.90 Å². The van der Waals surface area contributed by atoms with Gasteiger partial charge in [0.1, 0.15) is 9.96 Å². The van der Waals surface area contributed by atoms with Crippen molar-refractivity contribution in [2.75, 3.05) is 33.9 Å². The van der Waals surface area contributed by atoms with Crippen molar-refractivity contribution in [3.8, 4) is 5.75 Å². The van der Waals surface area contributed by atoms with Crippen LogP contribution in [0.5, 0.6) is 5.75 Å². The van der Waals surface area contributed by atoms with Crippen LogP contribution in [0.15, 0.2) is 28.5 Å². The van der Waals surface area contributed by atoms with Crippen molar-refractivity contribution >= 4 is 27.3 Å². The summed E-state index contributed by atoms with van der Waals surface area (Å²) in [5, 5.41) is 0. The molecule has 4 rings (SSSR count). The van der Waals surface area contributed by atoms with Gasteiger partial charge in [-0.15, -0.1) is 11.3 Å². The Hall–Kier alpha value is -1.94. The molecule has 31 heavy (non-hydrogen) atoms. The second-order valence-corrected chi connectivity index (χ2v) is 11.2. The number of piperidine rings is 1. The standard InChI is InChI=1S/C22H28N2O5S2/c1-28-17-8-6-16(7-9-17)14-23-13-10-18-19(15-23)30-22(20(18)21(25)29-2)31(26,27)24-11-4-3-5-12-24/h6-9H,3-5,10-15H2,1-2H3. The Kier molecular flexibility index (Phi) is 6.66. The zero-order valence-electron chi connectivity index (χ0n) is 17.9. The lowest BCUT2D eigenvalue weighted by Crippen LogP contribution is -2.36. The molecule has 0 bridgehead atoms. The minimum atomic E-state index is -3.71. The number of methoxy groups -OCH3 is 2. The highest BCUT2D eigenvalue weighted by Gasteiger charge is 2.37. The minimum absolute atomic E-state index is 0.151. The van der Waals surface area contributed by atoms with Crippen LogP contribution in [0.25, 0.3) is 0 Å². The van der Waals surface area contributed by atoms with Gasteiger partial charge in [-0.2, -0.15) is 4.31 Å². The monoisotopic (exact) mass is 464 g/mol. The van der Waals surface area contributed by atoms with Gasteiger partial charge < -0.3 is 9.47 Å². The highest BCUT2D eigenvalue weighted by atomic mass is 32.2. The van der Waals surface area contributed by atoms with Gasteiger partial charge in [-0.25, -0.2) is 13.2 Å². The summed E-state index contributed by atoms with van der Waals surface area (Å²) in [6, 6.07) is 7.95. The van der Waals surface area contributed by atoms with E-state index in [2.05, 4.69) is 4.90 Å². The number of hydrogen-bond acceptors (Lipinski definition) is 7. The predicted molar refractivity (Wildman–Crippen MR) is 119 cm³/mol. The summed E-state index contributed by atoms with van der Waals surface area (Å²) < 4.78 is 38.6. The fraction of sp³-hybridized carbons (Fsp3) is 0.500. The number of sulfonamides is 1. The van der Waals surface area contributed by atoms with Crippen molar-refractivity contribution in [1.29, 1.82) is 0 Å². The van der Waals surface area contributed by atoms with E-state index in [1.54, 1.807) is 7.11 Å². The van der Waals surface area contributed by atoms with E-state index in [0.29, 0.717) is 26.1 Å². The molecule has 1 aromatic carbocycles. The number of thiophene rings is 1. The largest absolute Gasteiger partial charge is 0.497 e. The molecule has 0 atom stereocenters. The fourth-order valence-electron chi connectivity index (χ4n) is 4.27. The Morgan fingerprint density at radius 1 is 1.06 bits per heavy atom. The average molecular weight is 465 g/mol. The number of rotatable bonds is 6. The smallest absolute Gasteiger partial charge is 0.340 e. The molecule has 0 unspecified atom stereocenters. The van der Waals surface area contributed by atoms with E-state index in [0.717, 1.165) is 54.1 Å². The Bertz CT molecular complexity index is 1040. The van der Waals surface area contributed by atoms with Crippen molar-refractivity contribution in [3.05, 3.63) is 45.8 Å². The quantitative estimate of drug-likeness (QED) is 0.611. The molecule has 2 aliphatic rings. The van der Waals surface area contributed by atoms with E-state index in [1.807, 2.05) is 24.3 Å². The number of benzene rings is 1. The molecule has 0 aliphatic carbocycles. The van der Waals surface area contributed by atoms with Gasteiger partial charge in [-0.05, 0) is 42.5 Å². The van der Waals surface area contributed by atoms with Crippen molar-refractivity contribution in [3.63, 3.8) is 0 Å². The van der Waals surface area contributed by atoms with Gasteiger partial charge in [0, 0.05) is 37.6 Å². The first kappa shape index (κ1) is 22.3. The number of nitrogens with zero attached hydrogens (tertiary/aromatic N) is 2. The Morgan fingerprint density at radius 2 is 1.77 bits per heavy atom. The third-order valence-electron chi connectivity index (χ3n) is 5.95. The van der Waals surface area contributed by atoms with Crippen molar-refractivity contribution < 1.29 is 22.7 Å². The first-order chi connectivity index (χ1) is 14.9. The highest BCUT2D eigenvalue weighted by molar-refractivity contribution is 7.91. The summed E-state index contributed by atoms with van der Waals surface area (Å²) in [7, 11) is -0.754. The van der Waals surface area contributed by atoms with Crippen LogP contribution in [-0.4, -0.2) is 57.4 Å². The minimum Gasteiger partial charge on any atom is -0.497 e. The second kappa shape index (κ2) is 9.28. The number of fused-ring (bicyclic) bond motifs is 1. The topological polar surface area (TPSA) is 76.2 Å². The molecule has 0 saturated carbocycles. The first-order valence-corrected chi connectivity index (χ1v) is 12.8. The Morgan fingerprint density at radius 3 is 2.42 bits per heavy atom. The number of carbonyl (C=O) groups excluding carboxylic acids is 1. The van der Waals surface area contributed by atoms with Gasteiger partial charge >= 0.3 is 5.97 Å². The molecule has 168 valence electrons. The molecule has 0 radical (unpaired) electrons. The molecule has 9 heteroatoms. The number of carbonyl (C=O) groups is 1. The number of ether oxygens (including phenoxy) is 2. The molecule has 2 aromatic rings. The van der Waals surface area contributed by atoms with Gasteiger partial charge in [0.2, 0.25) is 0 Å². The average Bonchev–Trinajstić information content (AvgIpc) is 3.19. The second-order valence-electron chi connectivity index (χ2n) is 7.93. The molecule has 1 fully saturated rings. The summed E-state index contributed by atoms with van der Waals surface area (Å²) in [6.07, 6.45) is 3.38. The summed E-state index contributed by atoms with van der Waals surface area (Å²) in [4.78, 5) is 15.8. The normalized spacial score (nSPS) is 17.9. The van der Waals surface area contributed by atoms with Crippen LogP contribution in [-0.2, 0) is 34.3 Å². The molecule has 0 N–H and O–H groups in total. The zero-order valence-corrected chi connectivity index (χ0v) is 19.6. The molecule has 0 spiro atoms. The summed E-state index contributed by atoms with van der Waals surface area (Å²) in [5.74, 6) is 0.259. The van der Waals surface area contributed by atoms with Crippen LogP contribution in [0.4, 0.5) is 0 Å². The van der Waals surface area contributed by atoms with E-state index in [-0.39, 0.29) is 9.77 Å². The SMILES string of the molecule is COC(=O)c1c(S(=O)(=O)N2CCCCC2)sc2c1CCN(Cc1ccc(OC)cc1)C2.